The molecule has 0 saturated heterocycles. The molecule has 1 N–H and O–H groups in total. The predicted octanol–water partition coefficient (Wildman–Crippen LogP) is 3.30. The summed E-state index contributed by atoms with van der Waals surface area (Å²) >= 11 is 17.3. The summed E-state index contributed by atoms with van der Waals surface area (Å²) in [4.78, 5) is 7.82. The molecule has 0 saturated carbocycles. The maximum atomic E-state index is 9.45. The first-order valence-corrected chi connectivity index (χ1v) is 4.73. The minimum Gasteiger partial charge on any atom is -0.506 e. The van der Waals surface area contributed by atoms with E-state index in [2.05, 4.69) is 9.97 Å². The van der Waals surface area contributed by atoms with Crippen LogP contribution in [0.2, 0.25) is 15.2 Å². The topological polar surface area (TPSA) is 46.0 Å². The SMILES string of the molecule is Oc1ccnc2c(Cl)c(Cl)c(Cl)nc12. The van der Waals surface area contributed by atoms with Gasteiger partial charge in [-0.05, 0) is 0 Å². The molecule has 0 aromatic carbocycles. The van der Waals surface area contributed by atoms with Crippen LogP contribution in [0.1, 0.15) is 0 Å². The van der Waals surface area contributed by atoms with Gasteiger partial charge < -0.3 is 5.11 Å². The van der Waals surface area contributed by atoms with E-state index < -0.39 is 0 Å². The number of aromatic nitrogens is 2. The Hall–Kier alpha value is -0.770. The van der Waals surface area contributed by atoms with Crippen molar-refractivity contribution in [2.45, 2.75) is 0 Å². The molecule has 72 valence electrons. The van der Waals surface area contributed by atoms with Crippen LogP contribution >= 0.6 is 34.8 Å². The monoisotopic (exact) mass is 248 g/mol. The molecule has 0 spiro atoms. The van der Waals surface area contributed by atoms with Crippen LogP contribution in [0.3, 0.4) is 0 Å². The Morgan fingerprint density at radius 3 is 2.50 bits per heavy atom. The lowest BCUT2D eigenvalue weighted by molar-refractivity contribution is 0.480. The van der Waals surface area contributed by atoms with Crippen molar-refractivity contribution in [2.24, 2.45) is 0 Å². The van der Waals surface area contributed by atoms with Crippen molar-refractivity contribution in [1.82, 2.24) is 9.97 Å². The molecule has 0 unspecified atom stereocenters. The smallest absolute Gasteiger partial charge is 0.150 e. The first-order valence-electron chi connectivity index (χ1n) is 3.59. The first kappa shape index (κ1) is 9.77. The van der Waals surface area contributed by atoms with Gasteiger partial charge in [-0.15, -0.1) is 0 Å². The highest BCUT2D eigenvalue weighted by Gasteiger charge is 2.13. The Morgan fingerprint density at radius 1 is 1.07 bits per heavy atom. The molecule has 2 aromatic rings. The van der Waals surface area contributed by atoms with Crippen LogP contribution in [0, 0.1) is 0 Å². The third kappa shape index (κ3) is 1.38. The fourth-order valence-corrected chi connectivity index (χ4v) is 1.64. The van der Waals surface area contributed by atoms with E-state index in [0.717, 1.165) is 0 Å². The number of rotatable bonds is 0. The minimum atomic E-state index is -0.0320. The van der Waals surface area contributed by atoms with Crippen molar-refractivity contribution in [2.75, 3.05) is 0 Å². The van der Waals surface area contributed by atoms with Crippen LogP contribution in [0.4, 0.5) is 0 Å². The zero-order valence-corrected chi connectivity index (χ0v) is 8.90. The number of halogens is 3. The van der Waals surface area contributed by atoms with Crippen LogP contribution in [0.25, 0.3) is 11.0 Å². The maximum absolute atomic E-state index is 9.45. The highest BCUT2D eigenvalue weighted by Crippen LogP contribution is 2.35. The average molecular weight is 249 g/mol. The maximum Gasteiger partial charge on any atom is 0.150 e. The fraction of sp³-hybridized carbons (Fsp3) is 0. The van der Waals surface area contributed by atoms with Crippen molar-refractivity contribution >= 4 is 45.8 Å². The largest absolute Gasteiger partial charge is 0.506 e. The summed E-state index contributed by atoms with van der Waals surface area (Å²) in [6, 6.07) is 1.40. The molecule has 2 heterocycles. The molecule has 0 atom stereocenters. The number of hydrogen-bond donors (Lipinski definition) is 1. The molecule has 0 aliphatic heterocycles. The van der Waals surface area contributed by atoms with E-state index in [4.69, 9.17) is 34.8 Å². The molecule has 0 aliphatic rings. The molecule has 0 bridgehead atoms. The molecule has 2 aromatic heterocycles. The Labute approximate surface area is 94.3 Å². The third-order valence-corrected chi connectivity index (χ3v) is 2.90. The lowest BCUT2D eigenvalue weighted by Gasteiger charge is -2.03. The van der Waals surface area contributed by atoms with Crippen LogP contribution in [-0.2, 0) is 0 Å². The summed E-state index contributed by atoms with van der Waals surface area (Å²) in [7, 11) is 0. The Kier molecular flexibility index (Phi) is 2.39. The van der Waals surface area contributed by atoms with Crippen molar-refractivity contribution in [3.8, 4) is 5.75 Å². The predicted molar refractivity (Wildman–Crippen MR) is 56.2 cm³/mol. The summed E-state index contributed by atoms with van der Waals surface area (Å²) in [5.41, 5.74) is 0.577. The van der Waals surface area contributed by atoms with Gasteiger partial charge >= 0.3 is 0 Å². The molecular weight excluding hydrogens is 246 g/mol. The molecule has 3 nitrogen and oxygen atoms in total. The zero-order valence-electron chi connectivity index (χ0n) is 6.63. The van der Waals surface area contributed by atoms with E-state index in [1.54, 1.807) is 0 Å². The van der Waals surface area contributed by atoms with E-state index >= 15 is 0 Å². The van der Waals surface area contributed by atoms with Gasteiger partial charge in [0.05, 0.1) is 10.0 Å². The van der Waals surface area contributed by atoms with Gasteiger partial charge in [0, 0.05) is 12.3 Å². The summed E-state index contributed by atoms with van der Waals surface area (Å²) in [6.07, 6.45) is 1.41. The van der Waals surface area contributed by atoms with Gasteiger partial charge in [-0.2, -0.15) is 0 Å². The molecular formula is C8H3Cl3N2O. The molecule has 14 heavy (non-hydrogen) atoms. The molecule has 0 fully saturated rings. The fourth-order valence-electron chi connectivity index (χ4n) is 1.06. The second kappa shape index (κ2) is 3.42. The van der Waals surface area contributed by atoms with Crippen molar-refractivity contribution < 1.29 is 5.11 Å². The summed E-state index contributed by atoms with van der Waals surface area (Å²) < 4.78 is 0. The van der Waals surface area contributed by atoms with Crippen molar-refractivity contribution in [1.29, 1.82) is 0 Å². The number of fused-ring (bicyclic) bond motifs is 1. The van der Waals surface area contributed by atoms with Gasteiger partial charge in [-0.3, -0.25) is 4.98 Å². The van der Waals surface area contributed by atoms with Crippen LogP contribution in [0.5, 0.6) is 5.75 Å². The van der Waals surface area contributed by atoms with E-state index in [0.29, 0.717) is 5.52 Å². The third-order valence-electron chi connectivity index (χ3n) is 1.69. The van der Waals surface area contributed by atoms with E-state index in [9.17, 15) is 5.11 Å². The molecule has 2 rings (SSSR count). The second-order valence-electron chi connectivity index (χ2n) is 2.56. The zero-order chi connectivity index (χ0) is 10.3. The Bertz CT molecular complexity index is 515. The van der Waals surface area contributed by atoms with Crippen LogP contribution in [-0.4, -0.2) is 15.1 Å². The number of nitrogens with zero attached hydrogens (tertiary/aromatic N) is 2. The highest BCUT2D eigenvalue weighted by molar-refractivity contribution is 6.49. The minimum absolute atomic E-state index is 0.0320. The van der Waals surface area contributed by atoms with Gasteiger partial charge in [0.1, 0.15) is 21.9 Å². The van der Waals surface area contributed by atoms with Gasteiger partial charge in [-0.25, -0.2) is 4.98 Å². The summed E-state index contributed by atoms with van der Waals surface area (Å²) in [5, 5.41) is 9.83. The quantitative estimate of drug-likeness (QED) is 0.729. The summed E-state index contributed by atoms with van der Waals surface area (Å²) in [5.74, 6) is -0.0320. The Morgan fingerprint density at radius 2 is 1.79 bits per heavy atom. The van der Waals surface area contributed by atoms with E-state index in [-0.39, 0.29) is 26.5 Å². The van der Waals surface area contributed by atoms with Gasteiger partial charge in [0.25, 0.3) is 0 Å². The first-order chi connectivity index (χ1) is 6.61. The second-order valence-corrected chi connectivity index (χ2v) is 3.67. The lowest BCUT2D eigenvalue weighted by atomic mass is 10.3. The average Bonchev–Trinajstić information content (AvgIpc) is 2.17. The van der Waals surface area contributed by atoms with E-state index in [1.807, 2.05) is 0 Å². The molecule has 0 amide bonds. The molecule has 0 radical (unpaired) electrons. The van der Waals surface area contributed by atoms with Gasteiger partial charge in [-0.1, -0.05) is 34.8 Å². The summed E-state index contributed by atoms with van der Waals surface area (Å²) in [6.45, 7) is 0. The normalized spacial score (nSPS) is 10.8. The van der Waals surface area contributed by atoms with Crippen LogP contribution in [0.15, 0.2) is 12.3 Å². The van der Waals surface area contributed by atoms with Crippen LogP contribution < -0.4 is 0 Å². The number of pyridine rings is 2. The van der Waals surface area contributed by atoms with Crippen molar-refractivity contribution in [3.05, 3.63) is 27.5 Å². The standard InChI is InChI=1S/C8H3Cl3N2O/c9-4-5(10)8(11)13-6-3(14)1-2-12-7(4)6/h1-2H,(H,12,14). The van der Waals surface area contributed by atoms with Gasteiger partial charge in [0.15, 0.2) is 0 Å². The lowest BCUT2D eigenvalue weighted by Crippen LogP contribution is -1.87. The Balaban J connectivity index is 2.98. The highest BCUT2D eigenvalue weighted by atomic mass is 35.5. The van der Waals surface area contributed by atoms with Crippen molar-refractivity contribution in [3.63, 3.8) is 0 Å². The molecule has 6 heteroatoms. The number of hydrogen-bond acceptors (Lipinski definition) is 3. The van der Waals surface area contributed by atoms with E-state index in [1.165, 1.54) is 12.3 Å². The number of aromatic hydroxyl groups is 1. The molecule has 0 aliphatic carbocycles. The van der Waals surface area contributed by atoms with Gasteiger partial charge in [0.2, 0.25) is 0 Å².